The third kappa shape index (κ3) is 3.66. The molecular weight excluding hydrogens is 250 g/mol. The summed E-state index contributed by atoms with van der Waals surface area (Å²) in [6.45, 7) is 8.41. The second-order valence-corrected chi connectivity index (χ2v) is 5.80. The highest BCUT2D eigenvalue weighted by Gasteiger charge is 2.23. The summed E-state index contributed by atoms with van der Waals surface area (Å²) in [5.41, 5.74) is 4.47. The van der Waals surface area contributed by atoms with Crippen molar-refractivity contribution in [2.75, 3.05) is 12.3 Å². The summed E-state index contributed by atoms with van der Waals surface area (Å²) >= 11 is 0. The van der Waals surface area contributed by atoms with E-state index in [9.17, 15) is 13.6 Å². The molecule has 0 radical (unpaired) electrons. The maximum absolute atomic E-state index is 13.6. The number of rotatable bonds is 3. The fourth-order valence-electron chi connectivity index (χ4n) is 1.42. The number of benzene rings is 1. The van der Waals surface area contributed by atoms with Crippen molar-refractivity contribution in [3.05, 3.63) is 29.3 Å². The van der Waals surface area contributed by atoms with E-state index < -0.39 is 23.1 Å². The minimum atomic E-state index is -1.01. The first-order chi connectivity index (χ1) is 8.64. The van der Waals surface area contributed by atoms with Gasteiger partial charge in [0.1, 0.15) is 11.4 Å². The number of hydrogen-bond acceptors (Lipinski definition) is 2. The molecule has 1 unspecified atom stereocenters. The predicted octanol–water partition coefficient (Wildman–Crippen LogP) is 2.96. The van der Waals surface area contributed by atoms with Gasteiger partial charge >= 0.3 is 0 Å². The van der Waals surface area contributed by atoms with Crippen LogP contribution in [-0.4, -0.2) is 12.5 Å². The summed E-state index contributed by atoms with van der Waals surface area (Å²) in [7, 11) is 0. The molecule has 1 amide bonds. The van der Waals surface area contributed by atoms with Crippen LogP contribution >= 0.6 is 0 Å². The van der Waals surface area contributed by atoms with Gasteiger partial charge in [-0.25, -0.2) is 8.78 Å². The van der Waals surface area contributed by atoms with Gasteiger partial charge in [0.15, 0.2) is 5.82 Å². The standard InChI is InChI=1S/C14H20F2N2O/c1-8(14(2,3)4)7-18-13(19)11-9(15)5-6-10(17)12(11)16/h5-6,8H,7,17H2,1-4H3,(H,18,19). The lowest BCUT2D eigenvalue weighted by molar-refractivity contribution is 0.0928. The molecule has 0 aromatic heterocycles. The predicted molar refractivity (Wildman–Crippen MR) is 71.7 cm³/mol. The molecule has 0 spiro atoms. The molecule has 1 rings (SSSR count). The third-order valence-corrected chi connectivity index (χ3v) is 3.40. The van der Waals surface area contributed by atoms with E-state index >= 15 is 0 Å². The average Bonchev–Trinajstić information content (AvgIpc) is 2.30. The minimum Gasteiger partial charge on any atom is -0.396 e. The lowest BCUT2D eigenvalue weighted by atomic mass is 9.82. The van der Waals surface area contributed by atoms with Crippen molar-refractivity contribution in [3.8, 4) is 0 Å². The number of carbonyl (C=O) groups is 1. The maximum Gasteiger partial charge on any atom is 0.257 e. The van der Waals surface area contributed by atoms with Crippen molar-refractivity contribution < 1.29 is 13.6 Å². The third-order valence-electron chi connectivity index (χ3n) is 3.40. The Morgan fingerprint density at radius 2 is 1.95 bits per heavy atom. The summed E-state index contributed by atoms with van der Waals surface area (Å²) in [4.78, 5) is 11.8. The Balaban J connectivity index is 2.83. The van der Waals surface area contributed by atoms with E-state index in [1.165, 1.54) is 0 Å². The highest BCUT2D eigenvalue weighted by atomic mass is 19.1. The van der Waals surface area contributed by atoms with Crippen molar-refractivity contribution in [2.24, 2.45) is 11.3 Å². The second kappa shape index (κ2) is 5.55. The van der Waals surface area contributed by atoms with Crippen molar-refractivity contribution in [3.63, 3.8) is 0 Å². The van der Waals surface area contributed by atoms with Gasteiger partial charge in [-0.3, -0.25) is 4.79 Å². The smallest absolute Gasteiger partial charge is 0.257 e. The van der Waals surface area contributed by atoms with E-state index in [2.05, 4.69) is 5.32 Å². The van der Waals surface area contributed by atoms with Crippen LogP contribution in [0.15, 0.2) is 12.1 Å². The van der Waals surface area contributed by atoms with Crippen LogP contribution < -0.4 is 11.1 Å². The van der Waals surface area contributed by atoms with Gasteiger partial charge in [-0.1, -0.05) is 27.7 Å². The molecule has 0 fully saturated rings. The fourth-order valence-corrected chi connectivity index (χ4v) is 1.42. The molecule has 0 bridgehead atoms. The van der Waals surface area contributed by atoms with E-state index in [0.717, 1.165) is 12.1 Å². The van der Waals surface area contributed by atoms with E-state index in [0.29, 0.717) is 6.54 Å². The monoisotopic (exact) mass is 270 g/mol. The zero-order chi connectivity index (χ0) is 14.8. The first kappa shape index (κ1) is 15.4. The Labute approximate surface area is 112 Å². The van der Waals surface area contributed by atoms with Gasteiger partial charge < -0.3 is 11.1 Å². The molecule has 0 aliphatic carbocycles. The number of nitrogens with two attached hydrogens (primary N) is 1. The van der Waals surface area contributed by atoms with Gasteiger partial charge in [-0.15, -0.1) is 0 Å². The summed E-state index contributed by atoms with van der Waals surface area (Å²) < 4.78 is 27.1. The van der Waals surface area contributed by atoms with Crippen LogP contribution in [0.4, 0.5) is 14.5 Å². The van der Waals surface area contributed by atoms with Gasteiger partial charge in [0.05, 0.1) is 5.69 Å². The second-order valence-electron chi connectivity index (χ2n) is 5.80. The Bertz CT molecular complexity index is 481. The summed E-state index contributed by atoms with van der Waals surface area (Å²) in [5, 5.41) is 2.54. The average molecular weight is 270 g/mol. The van der Waals surface area contributed by atoms with Crippen LogP contribution in [-0.2, 0) is 0 Å². The number of anilines is 1. The molecule has 3 N–H and O–H groups in total. The van der Waals surface area contributed by atoms with Gasteiger partial charge in [-0.05, 0) is 23.5 Å². The molecule has 0 saturated carbocycles. The van der Waals surface area contributed by atoms with Crippen LogP contribution in [0, 0.1) is 23.0 Å². The lowest BCUT2D eigenvalue weighted by Gasteiger charge is -2.27. The molecule has 0 heterocycles. The van der Waals surface area contributed by atoms with E-state index in [1.54, 1.807) is 0 Å². The Morgan fingerprint density at radius 1 is 1.37 bits per heavy atom. The molecular formula is C14H20F2N2O. The number of carbonyl (C=O) groups excluding carboxylic acids is 1. The highest BCUT2D eigenvalue weighted by molar-refractivity contribution is 5.95. The summed E-state index contributed by atoms with van der Waals surface area (Å²) in [6.07, 6.45) is 0. The zero-order valence-electron chi connectivity index (χ0n) is 11.7. The molecule has 106 valence electrons. The largest absolute Gasteiger partial charge is 0.396 e. The van der Waals surface area contributed by atoms with Gasteiger partial charge in [0.2, 0.25) is 0 Å². The number of amides is 1. The minimum absolute atomic E-state index is 0.0000842. The number of nitrogens with one attached hydrogen (secondary N) is 1. The van der Waals surface area contributed by atoms with Crippen molar-refractivity contribution in [1.82, 2.24) is 5.32 Å². The van der Waals surface area contributed by atoms with Gasteiger partial charge in [0, 0.05) is 6.54 Å². The van der Waals surface area contributed by atoms with Crippen LogP contribution in [0.3, 0.4) is 0 Å². The van der Waals surface area contributed by atoms with E-state index in [1.807, 2.05) is 27.7 Å². The van der Waals surface area contributed by atoms with Crippen LogP contribution in [0.5, 0.6) is 0 Å². The van der Waals surface area contributed by atoms with E-state index in [-0.39, 0.29) is 17.0 Å². The lowest BCUT2D eigenvalue weighted by Crippen LogP contribution is -2.34. The Hall–Kier alpha value is -1.65. The molecule has 0 aliphatic heterocycles. The van der Waals surface area contributed by atoms with Gasteiger partial charge in [0.25, 0.3) is 5.91 Å². The molecule has 0 saturated heterocycles. The van der Waals surface area contributed by atoms with Crippen molar-refractivity contribution in [1.29, 1.82) is 0 Å². The molecule has 5 heteroatoms. The maximum atomic E-state index is 13.6. The summed E-state index contributed by atoms with van der Waals surface area (Å²) in [5.74, 6) is -2.53. The van der Waals surface area contributed by atoms with Crippen LogP contribution in [0.25, 0.3) is 0 Å². The first-order valence-electron chi connectivity index (χ1n) is 6.16. The van der Waals surface area contributed by atoms with E-state index in [4.69, 9.17) is 5.73 Å². The van der Waals surface area contributed by atoms with Crippen molar-refractivity contribution in [2.45, 2.75) is 27.7 Å². The molecule has 19 heavy (non-hydrogen) atoms. The molecule has 3 nitrogen and oxygen atoms in total. The number of nitrogen functional groups attached to an aromatic ring is 1. The SMILES string of the molecule is CC(CNC(=O)c1c(F)ccc(N)c1F)C(C)(C)C. The molecule has 1 atom stereocenters. The van der Waals surface area contributed by atoms with Crippen molar-refractivity contribution >= 4 is 11.6 Å². The molecule has 1 aromatic rings. The van der Waals surface area contributed by atoms with Crippen LogP contribution in [0.1, 0.15) is 38.1 Å². The quantitative estimate of drug-likeness (QED) is 0.830. The van der Waals surface area contributed by atoms with Gasteiger partial charge in [-0.2, -0.15) is 0 Å². The normalized spacial score (nSPS) is 13.2. The molecule has 1 aromatic carbocycles. The highest BCUT2D eigenvalue weighted by Crippen LogP contribution is 2.25. The first-order valence-corrected chi connectivity index (χ1v) is 6.16. The Morgan fingerprint density at radius 3 is 2.47 bits per heavy atom. The number of halogens is 2. The topological polar surface area (TPSA) is 55.1 Å². The molecule has 0 aliphatic rings. The summed E-state index contributed by atoms with van der Waals surface area (Å²) in [6, 6.07) is 2.08. The fraction of sp³-hybridized carbons (Fsp3) is 0.500. The zero-order valence-corrected chi connectivity index (χ0v) is 11.7. The number of hydrogen-bond donors (Lipinski definition) is 2. The van der Waals surface area contributed by atoms with Crippen LogP contribution in [0.2, 0.25) is 0 Å². The Kier molecular flexibility index (Phi) is 4.50.